The van der Waals surface area contributed by atoms with Crippen LogP contribution in [0.15, 0.2) is 75.4 Å². The first-order valence-corrected chi connectivity index (χ1v) is 11.4. The number of carbonyl (C=O) groups is 1. The van der Waals surface area contributed by atoms with E-state index in [1.165, 1.54) is 6.42 Å². The fraction of sp³-hybridized carbons (Fsp3) is 0.200. The Morgan fingerprint density at radius 3 is 2.53 bits per heavy atom. The first kappa shape index (κ1) is 19.4. The van der Waals surface area contributed by atoms with Crippen molar-refractivity contribution in [1.29, 1.82) is 0 Å². The van der Waals surface area contributed by atoms with E-state index in [-0.39, 0.29) is 5.91 Å². The number of hydrogen-bond acceptors (Lipinski definition) is 3. The molecule has 1 fully saturated rings. The Morgan fingerprint density at radius 1 is 0.933 bits per heavy atom. The largest absolute Gasteiger partial charge is 0.339 e. The summed E-state index contributed by atoms with van der Waals surface area (Å²) in [7, 11) is 0. The molecule has 0 spiro atoms. The van der Waals surface area contributed by atoms with Gasteiger partial charge in [0.05, 0.1) is 5.69 Å². The fourth-order valence-corrected chi connectivity index (χ4v) is 5.15. The first-order chi connectivity index (χ1) is 14.7. The number of halogens is 1. The molecule has 0 unspecified atom stereocenters. The van der Waals surface area contributed by atoms with Crippen LogP contribution in [0.5, 0.6) is 0 Å². The SMILES string of the molecule is O=C(c1ccc2c(c1)N=Cc1c(cccc1-c1ccc(Cl)cc1)S2)N1CCCCC1. The fourth-order valence-electron chi connectivity index (χ4n) is 4.02. The summed E-state index contributed by atoms with van der Waals surface area (Å²) in [5, 5.41) is 0.724. The monoisotopic (exact) mass is 432 g/mol. The zero-order chi connectivity index (χ0) is 20.5. The highest BCUT2D eigenvalue weighted by Crippen LogP contribution is 2.42. The van der Waals surface area contributed by atoms with E-state index < -0.39 is 0 Å². The molecule has 0 N–H and O–H groups in total. The zero-order valence-electron chi connectivity index (χ0n) is 16.5. The molecule has 0 saturated carbocycles. The van der Waals surface area contributed by atoms with Gasteiger partial charge in [0.15, 0.2) is 0 Å². The first-order valence-electron chi connectivity index (χ1n) is 10.2. The van der Waals surface area contributed by atoms with E-state index in [9.17, 15) is 4.79 Å². The van der Waals surface area contributed by atoms with Crippen LogP contribution >= 0.6 is 23.4 Å². The number of benzene rings is 3. The minimum Gasteiger partial charge on any atom is -0.339 e. The second kappa shape index (κ2) is 8.29. The van der Waals surface area contributed by atoms with Crippen molar-refractivity contribution >= 4 is 41.2 Å². The molecule has 5 heteroatoms. The van der Waals surface area contributed by atoms with Crippen LogP contribution in [-0.4, -0.2) is 30.1 Å². The van der Waals surface area contributed by atoms with Gasteiger partial charge in [0.1, 0.15) is 0 Å². The predicted molar refractivity (Wildman–Crippen MR) is 124 cm³/mol. The van der Waals surface area contributed by atoms with Gasteiger partial charge in [-0.3, -0.25) is 9.79 Å². The molecule has 0 radical (unpaired) electrons. The lowest BCUT2D eigenvalue weighted by molar-refractivity contribution is 0.0724. The topological polar surface area (TPSA) is 32.7 Å². The van der Waals surface area contributed by atoms with Gasteiger partial charge in [-0.25, -0.2) is 0 Å². The molecule has 1 saturated heterocycles. The van der Waals surface area contributed by atoms with Crippen molar-refractivity contribution in [2.45, 2.75) is 29.1 Å². The zero-order valence-corrected chi connectivity index (χ0v) is 18.0. The molecule has 3 aromatic rings. The van der Waals surface area contributed by atoms with Crippen LogP contribution in [0.1, 0.15) is 35.2 Å². The van der Waals surface area contributed by atoms with E-state index in [4.69, 9.17) is 16.6 Å². The van der Waals surface area contributed by atoms with E-state index in [1.807, 2.05) is 53.6 Å². The minimum atomic E-state index is 0.112. The average molecular weight is 433 g/mol. The van der Waals surface area contributed by atoms with Gasteiger partial charge in [0.25, 0.3) is 5.91 Å². The third-order valence-electron chi connectivity index (χ3n) is 5.62. The summed E-state index contributed by atoms with van der Waals surface area (Å²) < 4.78 is 0. The number of fused-ring (bicyclic) bond motifs is 2. The lowest BCUT2D eigenvalue weighted by atomic mass is 10.0. The van der Waals surface area contributed by atoms with E-state index in [2.05, 4.69) is 18.2 Å². The molecule has 1 amide bonds. The molecule has 30 heavy (non-hydrogen) atoms. The van der Waals surface area contributed by atoms with Crippen LogP contribution in [-0.2, 0) is 0 Å². The highest BCUT2D eigenvalue weighted by molar-refractivity contribution is 7.99. The normalized spacial score (nSPS) is 15.3. The molecule has 2 aliphatic heterocycles. The van der Waals surface area contributed by atoms with E-state index in [0.717, 1.165) is 68.7 Å². The molecule has 3 aromatic carbocycles. The molecular weight excluding hydrogens is 412 g/mol. The molecular formula is C25H21ClN2OS. The van der Waals surface area contributed by atoms with Crippen molar-refractivity contribution in [3.8, 4) is 11.1 Å². The van der Waals surface area contributed by atoms with Crippen molar-refractivity contribution in [3.63, 3.8) is 0 Å². The maximum Gasteiger partial charge on any atom is 0.253 e. The summed E-state index contributed by atoms with van der Waals surface area (Å²) in [6, 6.07) is 20.1. The van der Waals surface area contributed by atoms with Crippen molar-refractivity contribution < 1.29 is 4.79 Å². The quantitative estimate of drug-likeness (QED) is 0.347. The maximum absolute atomic E-state index is 12.9. The predicted octanol–water partition coefficient (Wildman–Crippen LogP) is 6.85. The average Bonchev–Trinajstić information content (AvgIpc) is 2.98. The van der Waals surface area contributed by atoms with Crippen LogP contribution < -0.4 is 0 Å². The molecule has 150 valence electrons. The van der Waals surface area contributed by atoms with Gasteiger partial charge in [0.2, 0.25) is 0 Å². The van der Waals surface area contributed by atoms with Crippen molar-refractivity contribution in [1.82, 2.24) is 4.90 Å². The van der Waals surface area contributed by atoms with Crippen molar-refractivity contribution in [2.75, 3.05) is 13.1 Å². The number of rotatable bonds is 2. The van der Waals surface area contributed by atoms with Gasteiger partial charge >= 0.3 is 0 Å². The van der Waals surface area contributed by atoms with Crippen molar-refractivity contribution in [3.05, 3.63) is 76.8 Å². The number of carbonyl (C=O) groups excluding carboxylic acids is 1. The van der Waals surface area contributed by atoms with E-state index in [0.29, 0.717) is 0 Å². The maximum atomic E-state index is 12.9. The van der Waals surface area contributed by atoms with Crippen molar-refractivity contribution in [2.24, 2.45) is 4.99 Å². The number of nitrogens with zero attached hydrogens (tertiary/aromatic N) is 2. The lowest BCUT2D eigenvalue weighted by Gasteiger charge is -2.26. The van der Waals surface area contributed by atoms with Crippen LogP contribution in [0.25, 0.3) is 11.1 Å². The molecule has 0 aliphatic carbocycles. The number of amides is 1. The Bertz CT molecular complexity index is 1130. The Balaban J connectivity index is 1.50. The molecule has 0 bridgehead atoms. The second-order valence-electron chi connectivity index (χ2n) is 7.62. The van der Waals surface area contributed by atoms with Gasteiger partial charge in [-0.2, -0.15) is 0 Å². The number of hydrogen-bond donors (Lipinski definition) is 0. The number of piperidine rings is 1. The van der Waals surface area contributed by atoms with Gasteiger partial charge in [0, 0.05) is 45.2 Å². The Labute approximate surface area is 185 Å². The van der Waals surface area contributed by atoms with Gasteiger partial charge < -0.3 is 4.90 Å². The minimum absolute atomic E-state index is 0.112. The van der Waals surface area contributed by atoms with Gasteiger partial charge in [-0.15, -0.1) is 0 Å². The summed E-state index contributed by atoms with van der Waals surface area (Å²) in [5.41, 5.74) is 4.89. The van der Waals surface area contributed by atoms with Gasteiger partial charge in [-0.1, -0.05) is 47.6 Å². The Morgan fingerprint density at radius 2 is 1.73 bits per heavy atom. The van der Waals surface area contributed by atoms with Crippen LogP contribution in [0, 0.1) is 0 Å². The lowest BCUT2D eigenvalue weighted by Crippen LogP contribution is -2.35. The second-order valence-corrected chi connectivity index (χ2v) is 9.14. The smallest absolute Gasteiger partial charge is 0.253 e. The van der Waals surface area contributed by atoms with E-state index >= 15 is 0 Å². The Hall–Kier alpha value is -2.56. The summed E-state index contributed by atoms with van der Waals surface area (Å²) >= 11 is 7.76. The summed E-state index contributed by atoms with van der Waals surface area (Å²) in [4.78, 5) is 21.9. The molecule has 2 heterocycles. The highest BCUT2D eigenvalue weighted by atomic mass is 35.5. The number of likely N-dealkylation sites (tertiary alicyclic amines) is 1. The summed E-state index contributed by atoms with van der Waals surface area (Å²) in [5.74, 6) is 0.112. The highest BCUT2D eigenvalue weighted by Gasteiger charge is 2.21. The molecule has 0 atom stereocenters. The molecule has 3 nitrogen and oxygen atoms in total. The standard InChI is InChI=1S/C25H21ClN2OS/c26-19-10-7-17(8-11-19)20-5-4-6-23-21(20)16-27-22-15-18(9-12-24(22)30-23)25(29)28-13-2-1-3-14-28/h4-12,15-16H,1-3,13-14H2. The molecule has 2 aliphatic rings. The van der Waals surface area contributed by atoms with Crippen LogP contribution in [0.3, 0.4) is 0 Å². The molecule has 5 rings (SSSR count). The van der Waals surface area contributed by atoms with Crippen LogP contribution in [0.2, 0.25) is 5.02 Å². The molecule has 0 aromatic heterocycles. The summed E-state index contributed by atoms with van der Waals surface area (Å²) in [6.45, 7) is 1.70. The number of aliphatic imine (C=N–C) groups is 1. The van der Waals surface area contributed by atoms with E-state index in [1.54, 1.807) is 11.8 Å². The van der Waals surface area contributed by atoms with Gasteiger partial charge in [-0.05, 0) is 66.8 Å². The summed E-state index contributed by atoms with van der Waals surface area (Å²) in [6.07, 6.45) is 5.32. The van der Waals surface area contributed by atoms with Crippen LogP contribution in [0.4, 0.5) is 5.69 Å². The Kier molecular flexibility index (Phi) is 5.36. The third-order valence-corrected chi connectivity index (χ3v) is 7.02. The third kappa shape index (κ3) is 3.78.